The fourth-order valence-electron chi connectivity index (χ4n) is 5.26. The molecule has 0 radical (unpaired) electrons. The van der Waals surface area contributed by atoms with Crippen molar-refractivity contribution < 1.29 is 15.3 Å². The summed E-state index contributed by atoms with van der Waals surface area (Å²) in [5.74, 6) is 0.650. The second kappa shape index (κ2) is 8.15. The van der Waals surface area contributed by atoms with Gasteiger partial charge in [-0.25, -0.2) is 15.0 Å². The summed E-state index contributed by atoms with van der Waals surface area (Å²) >= 11 is 0. The van der Waals surface area contributed by atoms with Gasteiger partial charge in [-0.2, -0.15) is 0 Å². The van der Waals surface area contributed by atoms with Crippen molar-refractivity contribution >= 4 is 33.6 Å². The highest BCUT2D eigenvalue weighted by Gasteiger charge is 2.47. The van der Waals surface area contributed by atoms with Crippen molar-refractivity contribution in [2.75, 3.05) is 29.9 Å². The average Bonchev–Trinajstić information content (AvgIpc) is 3.58. The smallest absolute Gasteiger partial charge is 0.165 e. The number of fused-ring (bicyclic) bond motifs is 2. The van der Waals surface area contributed by atoms with Gasteiger partial charge in [0.25, 0.3) is 0 Å². The lowest BCUT2D eigenvalue weighted by Crippen LogP contribution is -2.43. The number of benzene rings is 1. The topological polar surface area (TPSA) is 132 Å². The number of hydrogen-bond acceptors (Lipinski definition) is 9. The minimum atomic E-state index is -1.50. The first-order chi connectivity index (χ1) is 16.6. The minimum Gasteiger partial charge on any atom is -0.393 e. The Morgan fingerprint density at radius 3 is 2.85 bits per heavy atom. The third-order valence-electron chi connectivity index (χ3n) is 7.25. The van der Waals surface area contributed by atoms with Crippen molar-refractivity contribution in [3.8, 4) is 0 Å². The van der Waals surface area contributed by atoms with Gasteiger partial charge in [0.15, 0.2) is 11.5 Å². The Morgan fingerprint density at radius 1 is 1.12 bits per heavy atom. The first kappa shape index (κ1) is 21.2. The van der Waals surface area contributed by atoms with E-state index >= 15 is 0 Å². The molecule has 1 aliphatic heterocycles. The third kappa shape index (κ3) is 3.46. The molecule has 4 atom stereocenters. The quantitative estimate of drug-likeness (QED) is 0.349. The van der Waals surface area contributed by atoms with E-state index in [1.54, 1.807) is 10.9 Å². The number of anilines is 2. The van der Waals surface area contributed by atoms with E-state index in [1.807, 2.05) is 24.4 Å². The third-order valence-corrected chi connectivity index (χ3v) is 7.25. The molecule has 2 fully saturated rings. The van der Waals surface area contributed by atoms with Crippen LogP contribution < -0.4 is 10.2 Å². The van der Waals surface area contributed by atoms with Crippen LogP contribution in [0.15, 0.2) is 49.2 Å². The molecule has 1 aliphatic carbocycles. The highest BCUT2D eigenvalue weighted by Crippen LogP contribution is 2.39. The molecule has 3 aromatic heterocycles. The van der Waals surface area contributed by atoms with Crippen LogP contribution in [0.3, 0.4) is 0 Å². The van der Waals surface area contributed by atoms with Crippen LogP contribution in [0, 0.1) is 0 Å². The van der Waals surface area contributed by atoms with Crippen LogP contribution in [-0.4, -0.2) is 77.3 Å². The zero-order valence-corrected chi connectivity index (χ0v) is 18.6. The summed E-state index contributed by atoms with van der Waals surface area (Å²) < 4.78 is 1.78. The molecular formula is C24H27N7O3. The summed E-state index contributed by atoms with van der Waals surface area (Å²) in [7, 11) is 0. The van der Waals surface area contributed by atoms with E-state index in [9.17, 15) is 15.3 Å². The maximum atomic E-state index is 10.6. The summed E-state index contributed by atoms with van der Waals surface area (Å²) in [6.07, 6.45) is 5.73. The molecule has 0 amide bonds. The van der Waals surface area contributed by atoms with Crippen LogP contribution in [0.25, 0.3) is 22.1 Å². The first-order valence-electron chi connectivity index (χ1n) is 11.6. The SMILES string of the molecule is OCC1(O)CCC(n2cnc3c(N[C@H]4CCN(c5cnc6ccccc6c5)C4)ncnc32)C1O. The fourth-order valence-corrected chi connectivity index (χ4v) is 5.26. The predicted molar refractivity (Wildman–Crippen MR) is 128 cm³/mol. The van der Waals surface area contributed by atoms with Gasteiger partial charge in [-0.05, 0) is 31.4 Å². The molecule has 1 saturated carbocycles. The van der Waals surface area contributed by atoms with E-state index in [0.29, 0.717) is 29.8 Å². The van der Waals surface area contributed by atoms with Gasteiger partial charge in [0.05, 0.1) is 36.4 Å². The molecule has 1 aromatic carbocycles. The van der Waals surface area contributed by atoms with Gasteiger partial charge in [0.1, 0.15) is 23.5 Å². The van der Waals surface area contributed by atoms with Crippen molar-refractivity contribution in [1.82, 2.24) is 24.5 Å². The van der Waals surface area contributed by atoms with Crippen molar-refractivity contribution in [2.24, 2.45) is 0 Å². The monoisotopic (exact) mass is 461 g/mol. The second-order valence-corrected chi connectivity index (χ2v) is 9.32. The molecular weight excluding hydrogens is 434 g/mol. The lowest BCUT2D eigenvalue weighted by Gasteiger charge is -2.27. The number of rotatable bonds is 5. The molecule has 10 nitrogen and oxygen atoms in total. The Balaban J connectivity index is 1.21. The van der Waals surface area contributed by atoms with Crippen LogP contribution in [0.1, 0.15) is 25.3 Å². The van der Waals surface area contributed by atoms with Gasteiger partial charge in [-0.3, -0.25) is 4.98 Å². The number of pyridine rings is 1. The van der Waals surface area contributed by atoms with Crippen LogP contribution in [0.2, 0.25) is 0 Å². The molecule has 1 saturated heterocycles. The number of aliphatic hydroxyl groups is 3. The fraction of sp³-hybridized carbons (Fsp3) is 0.417. The van der Waals surface area contributed by atoms with E-state index in [1.165, 1.54) is 6.33 Å². The molecule has 0 spiro atoms. The first-order valence-corrected chi connectivity index (χ1v) is 11.6. The molecule has 2 aliphatic rings. The standard InChI is InChI=1S/C24H27N7O3/c32-12-24(34)7-5-19(21(24)33)31-14-28-20-22(26-13-27-23(20)31)29-16-6-8-30(11-16)17-9-15-3-1-2-4-18(15)25-10-17/h1-4,9-10,13-14,16,19,21,32-34H,5-8,11-12H2,(H,26,27,29)/t16-,19?,21?,24?/m0/s1. The van der Waals surface area contributed by atoms with E-state index in [0.717, 1.165) is 36.1 Å². The van der Waals surface area contributed by atoms with Gasteiger partial charge in [-0.15, -0.1) is 0 Å². The number of para-hydroxylation sites is 1. The van der Waals surface area contributed by atoms with Gasteiger partial charge in [0, 0.05) is 24.5 Å². The summed E-state index contributed by atoms with van der Waals surface area (Å²) in [6, 6.07) is 10.1. The summed E-state index contributed by atoms with van der Waals surface area (Å²) in [5.41, 5.74) is 1.81. The number of aliphatic hydroxyl groups excluding tert-OH is 2. The highest BCUT2D eigenvalue weighted by atomic mass is 16.4. The molecule has 34 heavy (non-hydrogen) atoms. The van der Waals surface area contributed by atoms with Crippen LogP contribution in [0.4, 0.5) is 11.5 Å². The van der Waals surface area contributed by atoms with Gasteiger partial charge < -0.3 is 30.1 Å². The number of imidazole rings is 1. The molecule has 176 valence electrons. The van der Waals surface area contributed by atoms with Gasteiger partial charge >= 0.3 is 0 Å². The molecule has 10 heteroatoms. The zero-order chi connectivity index (χ0) is 23.3. The van der Waals surface area contributed by atoms with Gasteiger partial charge in [0.2, 0.25) is 0 Å². The van der Waals surface area contributed by atoms with Crippen LogP contribution in [0.5, 0.6) is 0 Å². The van der Waals surface area contributed by atoms with Gasteiger partial charge in [-0.1, -0.05) is 18.2 Å². The maximum Gasteiger partial charge on any atom is 0.165 e. The Morgan fingerprint density at radius 2 is 2.00 bits per heavy atom. The largest absolute Gasteiger partial charge is 0.393 e. The summed E-state index contributed by atoms with van der Waals surface area (Å²) in [4.78, 5) is 20.3. The summed E-state index contributed by atoms with van der Waals surface area (Å²) in [6.45, 7) is 1.25. The molecule has 3 unspecified atom stereocenters. The normalized spacial score (nSPS) is 27.1. The van der Waals surface area contributed by atoms with Crippen LogP contribution >= 0.6 is 0 Å². The van der Waals surface area contributed by atoms with E-state index in [-0.39, 0.29) is 6.04 Å². The minimum absolute atomic E-state index is 0.186. The van der Waals surface area contributed by atoms with Crippen LogP contribution in [-0.2, 0) is 0 Å². The molecule has 0 bridgehead atoms. The number of nitrogens with zero attached hydrogens (tertiary/aromatic N) is 6. The van der Waals surface area contributed by atoms with Crippen molar-refractivity contribution in [2.45, 2.75) is 43.1 Å². The van der Waals surface area contributed by atoms with E-state index < -0.39 is 24.4 Å². The Hall–Kier alpha value is -3.34. The number of aromatic nitrogens is 5. The molecule has 4 heterocycles. The number of nitrogens with one attached hydrogen (secondary N) is 1. The maximum absolute atomic E-state index is 10.6. The van der Waals surface area contributed by atoms with Crippen molar-refractivity contribution in [3.63, 3.8) is 0 Å². The van der Waals surface area contributed by atoms with E-state index in [4.69, 9.17) is 0 Å². The average molecular weight is 462 g/mol. The van der Waals surface area contributed by atoms with Crippen molar-refractivity contribution in [3.05, 3.63) is 49.2 Å². The Kier molecular flexibility index (Phi) is 5.09. The predicted octanol–water partition coefficient (Wildman–Crippen LogP) is 1.48. The lowest BCUT2D eigenvalue weighted by atomic mass is 10.0. The Labute approximate surface area is 195 Å². The lowest BCUT2D eigenvalue weighted by molar-refractivity contribution is -0.0943. The van der Waals surface area contributed by atoms with E-state index in [2.05, 4.69) is 42.3 Å². The molecule has 4 N–H and O–H groups in total. The number of hydrogen-bond donors (Lipinski definition) is 4. The summed E-state index contributed by atoms with van der Waals surface area (Å²) in [5, 5.41) is 35.2. The molecule has 4 aromatic rings. The molecule has 6 rings (SSSR count). The zero-order valence-electron chi connectivity index (χ0n) is 18.6. The van der Waals surface area contributed by atoms with Crippen molar-refractivity contribution in [1.29, 1.82) is 0 Å². The second-order valence-electron chi connectivity index (χ2n) is 9.32. The Bertz CT molecular complexity index is 1340. The highest BCUT2D eigenvalue weighted by molar-refractivity contribution is 5.83.